The molecule has 0 bridgehead atoms. The Morgan fingerprint density at radius 1 is 0.897 bits per heavy atom. The van der Waals surface area contributed by atoms with Crippen molar-refractivity contribution in [1.82, 2.24) is 0 Å². The van der Waals surface area contributed by atoms with Crippen LogP contribution in [0.15, 0.2) is 60.2 Å². The van der Waals surface area contributed by atoms with Crippen LogP contribution >= 0.6 is 0 Å². The number of ether oxygens (including phenoxy) is 1. The van der Waals surface area contributed by atoms with Gasteiger partial charge in [0.25, 0.3) is 5.91 Å². The smallest absolute Gasteiger partial charge is 0.251 e. The van der Waals surface area contributed by atoms with E-state index < -0.39 is 11.8 Å². The summed E-state index contributed by atoms with van der Waals surface area (Å²) < 4.78 is 5.60. The van der Waals surface area contributed by atoms with Crippen LogP contribution < -0.4 is 15.4 Å². The van der Waals surface area contributed by atoms with Crippen molar-refractivity contribution in [3.63, 3.8) is 0 Å². The molecule has 0 aliphatic carbocycles. The van der Waals surface area contributed by atoms with Crippen LogP contribution in [0.2, 0.25) is 0 Å². The number of ketones is 1. The Kier molecular flexibility index (Phi) is 7.71. The summed E-state index contributed by atoms with van der Waals surface area (Å²) in [4.78, 5) is 35.7. The first-order chi connectivity index (χ1) is 13.7. The van der Waals surface area contributed by atoms with E-state index in [1.807, 2.05) is 0 Å². The zero-order chi connectivity index (χ0) is 21.4. The van der Waals surface area contributed by atoms with Crippen LogP contribution in [-0.2, 0) is 9.59 Å². The normalized spacial score (nSPS) is 11.1. The molecule has 2 N–H and O–H groups in total. The number of rotatable bonds is 8. The zero-order valence-electron chi connectivity index (χ0n) is 17.1. The molecule has 2 amide bonds. The molecule has 2 aromatic rings. The second-order valence-electron chi connectivity index (χ2n) is 7.13. The molecule has 0 unspecified atom stereocenters. The van der Waals surface area contributed by atoms with Gasteiger partial charge in [-0.1, -0.05) is 13.8 Å². The van der Waals surface area contributed by atoms with Crippen molar-refractivity contribution >= 4 is 29.0 Å². The number of benzene rings is 2. The van der Waals surface area contributed by atoms with Gasteiger partial charge in [0.05, 0.1) is 6.61 Å². The van der Waals surface area contributed by atoms with Gasteiger partial charge < -0.3 is 15.4 Å². The molecule has 0 saturated heterocycles. The molecule has 0 fully saturated rings. The minimum atomic E-state index is -0.402. The van der Waals surface area contributed by atoms with Crippen molar-refractivity contribution in [3.8, 4) is 5.75 Å². The Labute approximate surface area is 171 Å². The summed E-state index contributed by atoms with van der Waals surface area (Å²) in [5.41, 5.74) is 1.98. The molecule has 2 aromatic carbocycles. The maximum absolute atomic E-state index is 12.2. The topological polar surface area (TPSA) is 84.5 Å². The van der Waals surface area contributed by atoms with Crippen molar-refractivity contribution in [1.29, 1.82) is 0 Å². The lowest BCUT2D eigenvalue weighted by Gasteiger charge is -2.09. The van der Waals surface area contributed by atoms with E-state index in [9.17, 15) is 14.4 Å². The summed E-state index contributed by atoms with van der Waals surface area (Å²) in [6.07, 6.45) is 1.24. The predicted molar refractivity (Wildman–Crippen MR) is 114 cm³/mol. The fourth-order valence-electron chi connectivity index (χ4n) is 2.36. The summed E-state index contributed by atoms with van der Waals surface area (Å²) in [5.74, 6) is 0.322. The van der Waals surface area contributed by atoms with Gasteiger partial charge in [-0.25, -0.2) is 0 Å². The SMILES string of the molecule is CC(=O)c1ccc(NC(=O)/C(C)=C\C(=O)Nc2ccc(OCC(C)C)cc2)cc1. The van der Waals surface area contributed by atoms with Gasteiger partial charge in [-0.15, -0.1) is 0 Å². The molecule has 6 nitrogen and oxygen atoms in total. The molecular formula is C23H26N2O4. The predicted octanol–water partition coefficient (Wildman–Crippen LogP) is 4.45. The van der Waals surface area contributed by atoms with Crippen LogP contribution in [0.4, 0.5) is 11.4 Å². The second kappa shape index (κ2) is 10.2. The summed E-state index contributed by atoms with van der Waals surface area (Å²) in [7, 11) is 0. The van der Waals surface area contributed by atoms with E-state index in [-0.39, 0.29) is 11.4 Å². The fourth-order valence-corrected chi connectivity index (χ4v) is 2.36. The van der Waals surface area contributed by atoms with Crippen molar-refractivity contribution in [2.24, 2.45) is 5.92 Å². The molecule has 0 aliphatic rings. The average molecular weight is 394 g/mol. The molecule has 0 aromatic heterocycles. The molecule has 29 heavy (non-hydrogen) atoms. The molecule has 2 rings (SSSR count). The molecule has 0 aliphatic heterocycles. The van der Waals surface area contributed by atoms with E-state index in [4.69, 9.17) is 4.74 Å². The van der Waals surface area contributed by atoms with Crippen molar-refractivity contribution < 1.29 is 19.1 Å². The van der Waals surface area contributed by atoms with Crippen LogP contribution in [0.5, 0.6) is 5.75 Å². The number of hydrogen-bond acceptors (Lipinski definition) is 4. The molecular weight excluding hydrogens is 368 g/mol. The lowest BCUT2D eigenvalue weighted by molar-refractivity contribution is -0.114. The van der Waals surface area contributed by atoms with Crippen molar-refractivity contribution in [3.05, 3.63) is 65.7 Å². The number of nitrogens with one attached hydrogen (secondary N) is 2. The highest BCUT2D eigenvalue weighted by Crippen LogP contribution is 2.17. The Balaban J connectivity index is 1.91. The van der Waals surface area contributed by atoms with Crippen molar-refractivity contribution in [2.75, 3.05) is 17.2 Å². The van der Waals surface area contributed by atoms with Crippen LogP contribution in [0.25, 0.3) is 0 Å². The number of carbonyl (C=O) groups excluding carboxylic acids is 3. The maximum Gasteiger partial charge on any atom is 0.251 e. The molecule has 0 atom stereocenters. The van der Waals surface area contributed by atoms with Gasteiger partial charge in [0.15, 0.2) is 5.78 Å². The first kappa shape index (κ1) is 21.9. The maximum atomic E-state index is 12.2. The third-order valence-electron chi connectivity index (χ3n) is 3.96. The van der Waals surface area contributed by atoms with Crippen LogP contribution in [0.3, 0.4) is 0 Å². The average Bonchev–Trinajstić information content (AvgIpc) is 2.67. The van der Waals surface area contributed by atoms with Gasteiger partial charge in [0.1, 0.15) is 5.75 Å². The Hall–Kier alpha value is -3.41. The monoisotopic (exact) mass is 394 g/mol. The molecule has 6 heteroatoms. The highest BCUT2D eigenvalue weighted by atomic mass is 16.5. The molecule has 0 heterocycles. The molecule has 0 spiro atoms. The van der Waals surface area contributed by atoms with E-state index in [0.29, 0.717) is 29.5 Å². The van der Waals surface area contributed by atoms with Gasteiger partial charge >= 0.3 is 0 Å². The highest BCUT2D eigenvalue weighted by molar-refractivity contribution is 6.10. The third-order valence-corrected chi connectivity index (χ3v) is 3.96. The van der Waals surface area contributed by atoms with Crippen LogP contribution in [-0.4, -0.2) is 24.2 Å². The van der Waals surface area contributed by atoms with Gasteiger partial charge in [-0.05, 0) is 68.3 Å². The van der Waals surface area contributed by atoms with Crippen LogP contribution in [0.1, 0.15) is 38.1 Å². The standard InChI is InChI=1S/C23H26N2O4/c1-15(2)14-29-21-11-9-19(10-12-21)24-22(27)13-16(3)23(28)25-20-7-5-18(6-8-20)17(4)26/h5-13,15H,14H2,1-4H3,(H,24,27)(H,25,28)/b16-13-. The Bertz CT molecular complexity index is 897. The zero-order valence-corrected chi connectivity index (χ0v) is 17.1. The van der Waals surface area contributed by atoms with Crippen LogP contribution in [0, 0.1) is 5.92 Å². The Morgan fingerprint density at radius 2 is 1.45 bits per heavy atom. The fraction of sp³-hybridized carbons (Fsp3) is 0.261. The first-order valence-corrected chi connectivity index (χ1v) is 9.39. The van der Waals surface area contributed by atoms with Gasteiger partial charge in [-0.2, -0.15) is 0 Å². The molecule has 0 saturated carbocycles. The van der Waals surface area contributed by atoms with Gasteiger partial charge in [0.2, 0.25) is 5.91 Å². The summed E-state index contributed by atoms with van der Waals surface area (Å²) in [6.45, 7) is 7.80. The Morgan fingerprint density at radius 3 is 2.00 bits per heavy atom. The van der Waals surface area contributed by atoms with E-state index in [0.717, 1.165) is 5.75 Å². The van der Waals surface area contributed by atoms with E-state index in [1.54, 1.807) is 55.5 Å². The number of anilines is 2. The molecule has 152 valence electrons. The lowest BCUT2D eigenvalue weighted by Crippen LogP contribution is -2.16. The van der Waals surface area contributed by atoms with Gasteiger partial charge in [-0.3, -0.25) is 14.4 Å². The minimum absolute atomic E-state index is 0.0462. The number of hydrogen-bond donors (Lipinski definition) is 2. The first-order valence-electron chi connectivity index (χ1n) is 9.39. The largest absolute Gasteiger partial charge is 0.493 e. The minimum Gasteiger partial charge on any atom is -0.493 e. The molecule has 0 radical (unpaired) electrons. The highest BCUT2D eigenvalue weighted by Gasteiger charge is 2.08. The summed E-state index contributed by atoms with van der Waals surface area (Å²) in [6, 6.07) is 13.6. The lowest BCUT2D eigenvalue weighted by atomic mass is 10.1. The van der Waals surface area contributed by atoms with E-state index in [1.165, 1.54) is 13.0 Å². The third kappa shape index (κ3) is 7.25. The van der Waals surface area contributed by atoms with Gasteiger partial charge in [0, 0.05) is 28.6 Å². The van der Waals surface area contributed by atoms with Crippen molar-refractivity contribution in [2.45, 2.75) is 27.7 Å². The summed E-state index contributed by atoms with van der Waals surface area (Å²) >= 11 is 0. The number of carbonyl (C=O) groups is 3. The summed E-state index contributed by atoms with van der Waals surface area (Å²) in [5, 5.41) is 5.41. The quantitative estimate of drug-likeness (QED) is 0.512. The second-order valence-corrected chi connectivity index (χ2v) is 7.13. The number of Topliss-reactive ketones (excluding diaryl/α,β-unsaturated/α-hetero) is 1. The number of amides is 2. The van der Waals surface area contributed by atoms with E-state index >= 15 is 0 Å². The van der Waals surface area contributed by atoms with E-state index in [2.05, 4.69) is 24.5 Å².